The Hall–Kier alpha value is -0.990. The van der Waals surface area contributed by atoms with Crippen molar-refractivity contribution in [1.29, 1.82) is 0 Å². The molecular weight excluding hydrogens is 96.0 g/mol. The minimum atomic E-state index is -0.671. The minimum absolute atomic E-state index is 0.133. The molecule has 0 bridgehead atoms. The number of hydrogen-bond acceptors (Lipinski definition) is 3. The fraction of sp³-hybridized carbons (Fsp3) is 0.250. The Morgan fingerprint density at radius 3 is 2.14 bits per heavy atom. The van der Waals surface area contributed by atoms with Crippen molar-refractivity contribution in [1.82, 2.24) is 0 Å². The maximum atomic E-state index is 9.81. The Labute approximate surface area is 40.3 Å². The zero-order chi connectivity index (χ0) is 5.70. The molecule has 0 aromatic carbocycles. The molecule has 0 aliphatic rings. The molecule has 0 radical (unpaired) electrons. The highest BCUT2D eigenvalue weighted by atomic mass is 16.2. The molecule has 0 saturated heterocycles. The van der Waals surface area contributed by atoms with Crippen LogP contribution in [0.3, 0.4) is 0 Å². The summed E-state index contributed by atoms with van der Waals surface area (Å²) in [5.74, 6) is -0.671. The largest absolute Gasteiger partial charge is 0.303 e. The number of rotatable bonds is 3. The highest BCUT2D eigenvalue weighted by Gasteiger charge is 1.92. The molecule has 0 aromatic rings. The molecule has 0 N–H and O–H groups in total. The molecule has 0 aliphatic heterocycles. The van der Waals surface area contributed by atoms with Crippen LogP contribution in [0.4, 0.5) is 0 Å². The Bertz CT molecular complexity index is 95.1. The average Bonchev–Trinajstić information content (AvgIpc) is 1.68. The van der Waals surface area contributed by atoms with Crippen LogP contribution in [0.5, 0.6) is 0 Å². The monoisotopic (exact) mass is 100 g/mol. The molecule has 0 saturated carbocycles. The van der Waals surface area contributed by atoms with E-state index < -0.39 is 5.78 Å². The quantitative estimate of drug-likeness (QED) is 0.269. The molecule has 0 aliphatic carbocycles. The van der Waals surface area contributed by atoms with E-state index in [9.17, 15) is 14.4 Å². The third kappa shape index (κ3) is 2.82. The Kier molecular flexibility index (Phi) is 2.76. The molecule has 0 heterocycles. The summed E-state index contributed by atoms with van der Waals surface area (Å²) in [6, 6.07) is 0. The predicted octanol–water partition coefficient (Wildman–Crippen LogP) is -0.657. The smallest absolute Gasteiger partial charge is 0.202 e. The van der Waals surface area contributed by atoms with Crippen LogP contribution in [0.1, 0.15) is 6.42 Å². The zero-order valence-corrected chi connectivity index (χ0v) is 3.59. The lowest BCUT2D eigenvalue weighted by Crippen LogP contribution is -1.97. The Morgan fingerprint density at radius 2 is 2.00 bits per heavy atom. The third-order valence-electron chi connectivity index (χ3n) is 0.416. The molecular formula is C4H4O3. The van der Waals surface area contributed by atoms with Crippen LogP contribution < -0.4 is 0 Å². The van der Waals surface area contributed by atoms with Gasteiger partial charge in [-0.3, -0.25) is 9.59 Å². The van der Waals surface area contributed by atoms with E-state index in [0.29, 0.717) is 6.29 Å². The molecule has 0 aromatic heterocycles. The van der Waals surface area contributed by atoms with Gasteiger partial charge in [0, 0.05) is 0 Å². The van der Waals surface area contributed by atoms with Crippen molar-refractivity contribution in [3.63, 3.8) is 0 Å². The average molecular weight is 100 g/mol. The van der Waals surface area contributed by atoms with Gasteiger partial charge in [-0.1, -0.05) is 0 Å². The molecule has 0 atom stereocenters. The van der Waals surface area contributed by atoms with E-state index in [4.69, 9.17) is 0 Å². The van der Waals surface area contributed by atoms with Gasteiger partial charge in [-0.05, 0) is 0 Å². The highest BCUT2D eigenvalue weighted by molar-refractivity contribution is 6.27. The molecule has 38 valence electrons. The number of carbonyl (C=O) groups is 3. The van der Waals surface area contributed by atoms with Crippen molar-refractivity contribution < 1.29 is 14.4 Å². The maximum Gasteiger partial charge on any atom is 0.202 e. The van der Waals surface area contributed by atoms with Crippen LogP contribution in [0.2, 0.25) is 0 Å². The van der Waals surface area contributed by atoms with Gasteiger partial charge in [-0.2, -0.15) is 0 Å². The second kappa shape index (κ2) is 3.21. The van der Waals surface area contributed by atoms with Crippen molar-refractivity contribution in [3.8, 4) is 0 Å². The molecule has 3 heteroatoms. The fourth-order valence-corrected chi connectivity index (χ4v) is 0.130. The van der Waals surface area contributed by atoms with Crippen molar-refractivity contribution in [3.05, 3.63) is 0 Å². The van der Waals surface area contributed by atoms with Gasteiger partial charge in [0.2, 0.25) is 5.78 Å². The first kappa shape index (κ1) is 6.01. The summed E-state index contributed by atoms with van der Waals surface area (Å²) in [6.45, 7) is 0. The molecule has 0 unspecified atom stereocenters. The summed E-state index contributed by atoms with van der Waals surface area (Å²) in [4.78, 5) is 28.6. The Morgan fingerprint density at radius 1 is 1.43 bits per heavy atom. The fourth-order valence-electron chi connectivity index (χ4n) is 0.130. The number of hydrogen-bond donors (Lipinski definition) is 0. The van der Waals surface area contributed by atoms with E-state index in [0.717, 1.165) is 0 Å². The normalized spacial score (nSPS) is 7.43. The summed E-state index contributed by atoms with van der Waals surface area (Å²) in [5, 5.41) is 0. The van der Waals surface area contributed by atoms with Gasteiger partial charge in [-0.25, -0.2) is 0 Å². The van der Waals surface area contributed by atoms with Gasteiger partial charge in [0.25, 0.3) is 0 Å². The predicted molar refractivity (Wildman–Crippen MR) is 21.8 cm³/mol. The maximum absolute atomic E-state index is 9.81. The van der Waals surface area contributed by atoms with E-state index in [1.54, 1.807) is 0 Å². The first-order valence-electron chi connectivity index (χ1n) is 1.73. The van der Waals surface area contributed by atoms with Crippen LogP contribution in [0.15, 0.2) is 0 Å². The van der Waals surface area contributed by atoms with Crippen molar-refractivity contribution in [2.45, 2.75) is 6.42 Å². The SMILES string of the molecule is O=CCC(=O)C=O. The first-order valence-corrected chi connectivity index (χ1v) is 1.73. The molecule has 0 amide bonds. The lowest BCUT2D eigenvalue weighted by Gasteiger charge is -1.71. The van der Waals surface area contributed by atoms with Crippen LogP contribution in [0, 0.1) is 0 Å². The Balaban J connectivity index is 3.36. The number of ketones is 1. The summed E-state index contributed by atoms with van der Waals surface area (Å²) >= 11 is 0. The van der Waals surface area contributed by atoms with Crippen LogP contribution >= 0.6 is 0 Å². The van der Waals surface area contributed by atoms with Gasteiger partial charge in [0.1, 0.15) is 6.29 Å². The molecule has 7 heavy (non-hydrogen) atoms. The van der Waals surface area contributed by atoms with E-state index in [-0.39, 0.29) is 12.7 Å². The first-order chi connectivity index (χ1) is 3.31. The van der Waals surface area contributed by atoms with E-state index in [2.05, 4.69) is 0 Å². The van der Waals surface area contributed by atoms with E-state index >= 15 is 0 Å². The van der Waals surface area contributed by atoms with E-state index in [1.165, 1.54) is 0 Å². The van der Waals surface area contributed by atoms with E-state index in [1.807, 2.05) is 0 Å². The van der Waals surface area contributed by atoms with Gasteiger partial charge < -0.3 is 4.79 Å². The molecule has 3 nitrogen and oxygen atoms in total. The van der Waals surface area contributed by atoms with Crippen molar-refractivity contribution in [2.75, 3.05) is 0 Å². The number of Topliss-reactive ketones (excluding diaryl/α,β-unsaturated/α-hetero) is 1. The minimum Gasteiger partial charge on any atom is -0.303 e. The van der Waals surface area contributed by atoms with Gasteiger partial charge in [0.15, 0.2) is 6.29 Å². The number of carbonyl (C=O) groups excluding carboxylic acids is 3. The van der Waals surface area contributed by atoms with Crippen molar-refractivity contribution >= 4 is 18.4 Å². The zero-order valence-electron chi connectivity index (χ0n) is 3.59. The number of aldehydes is 2. The summed E-state index contributed by atoms with van der Waals surface area (Å²) in [7, 11) is 0. The third-order valence-corrected chi connectivity index (χ3v) is 0.416. The molecule has 0 fully saturated rings. The van der Waals surface area contributed by atoms with Crippen molar-refractivity contribution in [2.24, 2.45) is 0 Å². The molecule has 0 rings (SSSR count). The topological polar surface area (TPSA) is 51.2 Å². The second-order valence-corrected chi connectivity index (χ2v) is 0.955. The second-order valence-electron chi connectivity index (χ2n) is 0.955. The van der Waals surface area contributed by atoms with Gasteiger partial charge in [-0.15, -0.1) is 0 Å². The summed E-state index contributed by atoms with van der Waals surface area (Å²) < 4.78 is 0. The van der Waals surface area contributed by atoms with Crippen LogP contribution in [-0.2, 0) is 14.4 Å². The van der Waals surface area contributed by atoms with Gasteiger partial charge >= 0.3 is 0 Å². The van der Waals surface area contributed by atoms with Crippen LogP contribution in [-0.4, -0.2) is 18.4 Å². The lowest BCUT2D eigenvalue weighted by molar-refractivity contribution is -0.131. The summed E-state index contributed by atoms with van der Waals surface area (Å²) in [6.07, 6.45) is 0.245. The standard InChI is InChI=1S/C4H4O3/c5-2-1-4(7)3-6/h2-3H,1H2. The lowest BCUT2D eigenvalue weighted by atomic mass is 10.3. The van der Waals surface area contributed by atoms with Gasteiger partial charge in [0.05, 0.1) is 6.42 Å². The summed E-state index contributed by atoms with van der Waals surface area (Å²) in [5.41, 5.74) is 0. The molecule has 0 spiro atoms. The highest BCUT2D eigenvalue weighted by Crippen LogP contribution is 1.67. The van der Waals surface area contributed by atoms with Crippen LogP contribution in [0.25, 0.3) is 0 Å².